The third-order valence-corrected chi connectivity index (χ3v) is 7.39. The molecule has 3 heterocycles. The topological polar surface area (TPSA) is 133 Å². The average molecular weight is 508 g/mol. The molecule has 1 aromatic heterocycles. The fraction of sp³-hybridized carbons (Fsp3) is 0.519. The highest BCUT2D eigenvalue weighted by atomic mass is 16.5. The smallest absolute Gasteiger partial charge is 0.272 e. The standard InChI is InChI=1S/C27H33N5O5/c33-23-12-11-22(25(34)29-23)32-16-17-15-18(9-10-19(17)27(32)36)37-14-6-2-1-5-13-28-26(35)24-20-7-3-4-8-21(20)30-31-24/h9-10,15,22H,1-8,11-14,16H2,(H,28,35)(H,30,31)(H,29,33,34). The monoisotopic (exact) mass is 507 g/mol. The molecule has 1 aliphatic carbocycles. The van der Waals surface area contributed by atoms with Crippen LogP contribution in [0.2, 0.25) is 0 Å². The second-order valence-corrected chi connectivity index (χ2v) is 9.97. The molecule has 0 spiro atoms. The molecule has 2 aromatic rings. The van der Waals surface area contributed by atoms with Crippen molar-refractivity contribution in [1.82, 2.24) is 25.7 Å². The Morgan fingerprint density at radius 1 is 1.08 bits per heavy atom. The molecule has 3 N–H and O–H groups in total. The van der Waals surface area contributed by atoms with Gasteiger partial charge >= 0.3 is 0 Å². The number of benzene rings is 1. The van der Waals surface area contributed by atoms with Gasteiger partial charge in [-0.05, 0) is 68.7 Å². The van der Waals surface area contributed by atoms with Crippen LogP contribution in [0.4, 0.5) is 0 Å². The molecule has 0 bridgehead atoms. The van der Waals surface area contributed by atoms with Crippen LogP contribution in [0.1, 0.15) is 89.0 Å². The maximum Gasteiger partial charge on any atom is 0.272 e. The molecule has 1 unspecified atom stereocenters. The first-order valence-electron chi connectivity index (χ1n) is 13.3. The first-order valence-corrected chi connectivity index (χ1v) is 13.3. The van der Waals surface area contributed by atoms with Gasteiger partial charge in [-0.2, -0.15) is 5.10 Å². The molecule has 2 aliphatic heterocycles. The number of H-pyrrole nitrogens is 1. The van der Waals surface area contributed by atoms with E-state index in [1.165, 1.54) is 4.90 Å². The van der Waals surface area contributed by atoms with Crippen LogP contribution < -0.4 is 15.4 Å². The van der Waals surface area contributed by atoms with Crippen molar-refractivity contribution >= 4 is 23.6 Å². The Morgan fingerprint density at radius 3 is 2.78 bits per heavy atom. The number of aromatic nitrogens is 2. The minimum absolute atomic E-state index is 0.0889. The van der Waals surface area contributed by atoms with Crippen LogP contribution in [0.25, 0.3) is 0 Å². The second-order valence-electron chi connectivity index (χ2n) is 9.97. The molecule has 1 aromatic carbocycles. The Bertz CT molecular complexity index is 1210. The summed E-state index contributed by atoms with van der Waals surface area (Å²) < 4.78 is 5.89. The van der Waals surface area contributed by atoms with Gasteiger partial charge in [0.1, 0.15) is 11.8 Å². The van der Waals surface area contributed by atoms with E-state index in [1.54, 1.807) is 12.1 Å². The van der Waals surface area contributed by atoms with Gasteiger partial charge in [0.25, 0.3) is 11.8 Å². The molecule has 37 heavy (non-hydrogen) atoms. The van der Waals surface area contributed by atoms with Crippen molar-refractivity contribution in [2.75, 3.05) is 13.2 Å². The first kappa shape index (κ1) is 25.0. The van der Waals surface area contributed by atoms with E-state index >= 15 is 0 Å². The van der Waals surface area contributed by atoms with E-state index in [0.29, 0.717) is 43.1 Å². The Morgan fingerprint density at radius 2 is 1.92 bits per heavy atom. The number of piperidine rings is 1. The number of imide groups is 1. The van der Waals surface area contributed by atoms with E-state index in [-0.39, 0.29) is 24.1 Å². The highest BCUT2D eigenvalue weighted by molar-refractivity contribution is 6.05. The normalized spacial score (nSPS) is 18.9. The quantitative estimate of drug-likeness (QED) is 0.334. The van der Waals surface area contributed by atoms with Crippen molar-refractivity contribution in [3.8, 4) is 5.75 Å². The fourth-order valence-electron chi connectivity index (χ4n) is 5.37. The predicted octanol–water partition coefficient (Wildman–Crippen LogP) is 2.42. The Kier molecular flexibility index (Phi) is 7.52. The maximum absolute atomic E-state index is 12.8. The predicted molar refractivity (Wildman–Crippen MR) is 134 cm³/mol. The van der Waals surface area contributed by atoms with Crippen molar-refractivity contribution in [3.05, 3.63) is 46.3 Å². The maximum atomic E-state index is 12.8. The van der Waals surface area contributed by atoms with Crippen LogP contribution in [0, 0.1) is 0 Å². The van der Waals surface area contributed by atoms with Crippen LogP contribution >= 0.6 is 0 Å². The van der Waals surface area contributed by atoms with Gasteiger partial charge in [0.15, 0.2) is 5.69 Å². The van der Waals surface area contributed by atoms with Crippen LogP contribution in [0.5, 0.6) is 5.75 Å². The van der Waals surface area contributed by atoms with Gasteiger partial charge in [-0.3, -0.25) is 29.6 Å². The molecule has 1 fully saturated rings. The highest BCUT2D eigenvalue weighted by Crippen LogP contribution is 2.30. The number of carbonyl (C=O) groups is 4. The molecule has 3 aliphatic rings. The number of hydrogen-bond acceptors (Lipinski definition) is 6. The minimum atomic E-state index is -0.614. The van der Waals surface area contributed by atoms with Gasteiger partial charge < -0.3 is 15.0 Å². The fourth-order valence-corrected chi connectivity index (χ4v) is 5.37. The highest BCUT2D eigenvalue weighted by Gasteiger charge is 2.39. The Hall–Kier alpha value is -3.69. The first-order chi connectivity index (χ1) is 18.0. The molecule has 1 atom stereocenters. The Labute approximate surface area is 215 Å². The van der Waals surface area contributed by atoms with Crippen LogP contribution in [-0.2, 0) is 29.0 Å². The zero-order chi connectivity index (χ0) is 25.8. The van der Waals surface area contributed by atoms with Crippen molar-refractivity contribution in [2.45, 2.75) is 76.8 Å². The summed E-state index contributed by atoms with van der Waals surface area (Å²) in [6.45, 7) is 1.53. The van der Waals surface area contributed by atoms with Crippen molar-refractivity contribution in [3.63, 3.8) is 0 Å². The largest absolute Gasteiger partial charge is 0.494 e. The number of nitrogens with one attached hydrogen (secondary N) is 3. The van der Waals surface area contributed by atoms with Gasteiger partial charge in [-0.1, -0.05) is 12.8 Å². The number of ether oxygens (including phenoxy) is 1. The van der Waals surface area contributed by atoms with E-state index in [9.17, 15) is 19.2 Å². The number of aromatic amines is 1. The number of aryl methyl sites for hydroxylation is 1. The van der Waals surface area contributed by atoms with Gasteiger partial charge in [-0.25, -0.2) is 0 Å². The summed E-state index contributed by atoms with van der Waals surface area (Å²) in [5.41, 5.74) is 4.16. The molecule has 10 heteroatoms. The molecular weight excluding hydrogens is 474 g/mol. The number of nitrogens with zero attached hydrogens (tertiary/aromatic N) is 2. The van der Waals surface area contributed by atoms with Gasteiger partial charge in [-0.15, -0.1) is 0 Å². The number of hydrogen-bond donors (Lipinski definition) is 3. The third kappa shape index (κ3) is 5.52. The van der Waals surface area contributed by atoms with Crippen molar-refractivity contribution in [2.24, 2.45) is 0 Å². The molecule has 0 radical (unpaired) electrons. The lowest BCUT2D eigenvalue weighted by Crippen LogP contribution is -2.52. The number of carbonyl (C=O) groups excluding carboxylic acids is 4. The molecule has 10 nitrogen and oxygen atoms in total. The van der Waals surface area contributed by atoms with Crippen LogP contribution in [0.3, 0.4) is 0 Å². The zero-order valence-corrected chi connectivity index (χ0v) is 20.9. The van der Waals surface area contributed by atoms with Gasteiger partial charge in [0.2, 0.25) is 11.8 Å². The van der Waals surface area contributed by atoms with E-state index < -0.39 is 11.9 Å². The van der Waals surface area contributed by atoms with Crippen LogP contribution in [0.15, 0.2) is 18.2 Å². The molecule has 0 saturated carbocycles. The molecular formula is C27H33N5O5. The lowest BCUT2D eigenvalue weighted by Gasteiger charge is -2.29. The summed E-state index contributed by atoms with van der Waals surface area (Å²) in [7, 11) is 0. The van der Waals surface area contributed by atoms with Gasteiger partial charge in [0, 0.05) is 36.3 Å². The minimum Gasteiger partial charge on any atom is -0.494 e. The number of fused-ring (bicyclic) bond motifs is 2. The zero-order valence-electron chi connectivity index (χ0n) is 20.9. The van der Waals surface area contributed by atoms with E-state index in [0.717, 1.165) is 68.2 Å². The summed E-state index contributed by atoms with van der Waals surface area (Å²) in [5.74, 6) is -0.276. The lowest BCUT2D eigenvalue weighted by atomic mass is 9.96. The van der Waals surface area contributed by atoms with E-state index in [1.807, 2.05) is 6.07 Å². The lowest BCUT2D eigenvalue weighted by molar-refractivity contribution is -0.136. The number of amides is 4. The van der Waals surface area contributed by atoms with Crippen molar-refractivity contribution < 1.29 is 23.9 Å². The van der Waals surface area contributed by atoms with Crippen molar-refractivity contribution in [1.29, 1.82) is 0 Å². The molecule has 4 amide bonds. The summed E-state index contributed by atoms with van der Waals surface area (Å²) >= 11 is 0. The summed E-state index contributed by atoms with van der Waals surface area (Å²) in [6, 6.07) is 4.78. The number of unbranched alkanes of at least 4 members (excludes halogenated alkanes) is 3. The summed E-state index contributed by atoms with van der Waals surface area (Å²) in [4.78, 5) is 50.4. The average Bonchev–Trinajstić information content (AvgIpc) is 3.46. The van der Waals surface area contributed by atoms with E-state index in [4.69, 9.17) is 4.74 Å². The second kappa shape index (κ2) is 11.1. The SMILES string of the molecule is O=C1CCC(N2Cc3cc(OCCCCCCNC(=O)c4n[nH]c5c4CCCC5)ccc3C2=O)C(=O)N1. The number of rotatable bonds is 10. The molecule has 1 saturated heterocycles. The molecule has 5 rings (SSSR count). The summed E-state index contributed by atoms with van der Waals surface area (Å²) in [5, 5.41) is 12.5. The van der Waals surface area contributed by atoms with Gasteiger partial charge in [0.05, 0.1) is 6.61 Å². The van der Waals surface area contributed by atoms with Crippen LogP contribution in [-0.4, -0.2) is 57.9 Å². The van der Waals surface area contributed by atoms with E-state index in [2.05, 4.69) is 20.8 Å². The third-order valence-electron chi connectivity index (χ3n) is 7.39. The molecule has 196 valence electrons. The Balaban J connectivity index is 0.994. The summed E-state index contributed by atoms with van der Waals surface area (Å²) in [6.07, 6.45) is 8.51.